The van der Waals surface area contributed by atoms with Crippen LogP contribution in [-0.4, -0.2) is 17.2 Å². The SMILES string of the molecule is O=C(c1ccccc1)C1(C(=O)c2ccccc2)O[C@@H]1c1cccc(C(F)(F)F)c1. The fraction of sp³-hybridized carbons (Fsp3) is 0.130. The number of halogens is 3. The lowest BCUT2D eigenvalue weighted by molar-refractivity contribution is -0.137. The molecule has 1 atom stereocenters. The van der Waals surface area contributed by atoms with Gasteiger partial charge in [0.05, 0.1) is 5.56 Å². The standard InChI is InChI=1S/C23H15F3O3/c24-23(25,26)18-13-7-12-17(14-18)21-22(29-21,19(27)15-8-3-1-4-9-15)20(28)16-10-5-2-6-11-16/h1-14,21H/t21-/m1/s1. The van der Waals surface area contributed by atoms with Gasteiger partial charge in [-0.3, -0.25) is 9.59 Å². The molecule has 1 fully saturated rings. The van der Waals surface area contributed by atoms with Gasteiger partial charge in [0.2, 0.25) is 17.2 Å². The molecule has 3 aromatic rings. The summed E-state index contributed by atoms with van der Waals surface area (Å²) in [5, 5.41) is 0. The van der Waals surface area contributed by atoms with Crippen molar-refractivity contribution in [1.82, 2.24) is 0 Å². The number of ketones is 2. The molecule has 4 rings (SSSR count). The Hall–Kier alpha value is -3.25. The van der Waals surface area contributed by atoms with Gasteiger partial charge in [-0.1, -0.05) is 72.8 Å². The number of carbonyl (C=O) groups excluding carboxylic acids is 2. The van der Waals surface area contributed by atoms with Gasteiger partial charge in [0.25, 0.3) is 0 Å². The lowest BCUT2D eigenvalue weighted by atomic mass is 9.84. The molecule has 0 aliphatic carbocycles. The summed E-state index contributed by atoms with van der Waals surface area (Å²) >= 11 is 0. The zero-order valence-electron chi connectivity index (χ0n) is 15.0. The zero-order valence-corrected chi connectivity index (χ0v) is 15.0. The van der Waals surface area contributed by atoms with Gasteiger partial charge in [-0.2, -0.15) is 13.2 Å². The molecule has 0 amide bonds. The van der Waals surface area contributed by atoms with E-state index in [4.69, 9.17) is 4.74 Å². The van der Waals surface area contributed by atoms with Crippen LogP contribution in [0.15, 0.2) is 84.9 Å². The van der Waals surface area contributed by atoms with Crippen molar-refractivity contribution in [3.8, 4) is 0 Å². The Bertz CT molecular complexity index is 1010. The average Bonchev–Trinajstić information content (AvgIpc) is 3.50. The highest BCUT2D eigenvalue weighted by atomic mass is 19.4. The summed E-state index contributed by atoms with van der Waals surface area (Å²) in [5.41, 5.74) is -2.10. The highest BCUT2D eigenvalue weighted by molar-refractivity contribution is 6.25. The van der Waals surface area contributed by atoms with Gasteiger partial charge in [-0.15, -0.1) is 0 Å². The Kier molecular flexibility index (Phi) is 4.59. The van der Waals surface area contributed by atoms with Crippen LogP contribution in [0.5, 0.6) is 0 Å². The molecule has 0 spiro atoms. The van der Waals surface area contributed by atoms with E-state index in [0.717, 1.165) is 12.1 Å². The molecule has 1 aliphatic heterocycles. The summed E-state index contributed by atoms with van der Waals surface area (Å²) < 4.78 is 45.0. The predicted octanol–water partition coefficient (Wildman–Crippen LogP) is 5.28. The summed E-state index contributed by atoms with van der Waals surface area (Å²) in [6.07, 6.45) is -5.63. The molecule has 0 N–H and O–H groups in total. The normalized spacial score (nSPS) is 17.6. The molecule has 29 heavy (non-hydrogen) atoms. The number of hydrogen-bond donors (Lipinski definition) is 0. The fourth-order valence-electron chi connectivity index (χ4n) is 3.39. The largest absolute Gasteiger partial charge is 0.416 e. The second kappa shape index (κ2) is 6.97. The number of benzene rings is 3. The minimum absolute atomic E-state index is 0.133. The van der Waals surface area contributed by atoms with E-state index >= 15 is 0 Å². The lowest BCUT2D eigenvalue weighted by Crippen LogP contribution is -2.35. The Morgan fingerprint density at radius 1 is 0.759 bits per heavy atom. The predicted molar refractivity (Wildman–Crippen MR) is 99.5 cm³/mol. The van der Waals surface area contributed by atoms with Crippen molar-refractivity contribution in [2.45, 2.75) is 17.9 Å². The average molecular weight is 396 g/mol. The molecule has 3 aromatic carbocycles. The van der Waals surface area contributed by atoms with Gasteiger partial charge in [0, 0.05) is 11.1 Å². The number of Topliss-reactive ketones (excluding diaryl/α,β-unsaturated/α-hetero) is 2. The van der Waals surface area contributed by atoms with Gasteiger partial charge in [0.15, 0.2) is 0 Å². The summed E-state index contributed by atoms with van der Waals surface area (Å²) in [4.78, 5) is 26.5. The minimum atomic E-state index is -4.54. The molecule has 0 aromatic heterocycles. The van der Waals surface area contributed by atoms with Crippen molar-refractivity contribution >= 4 is 11.6 Å². The highest BCUT2D eigenvalue weighted by Gasteiger charge is 2.68. The van der Waals surface area contributed by atoms with Crippen LogP contribution in [0, 0.1) is 0 Å². The van der Waals surface area contributed by atoms with Gasteiger partial charge in [-0.25, -0.2) is 0 Å². The first kappa shape index (κ1) is 19.1. The lowest BCUT2D eigenvalue weighted by Gasteiger charge is -2.13. The first-order chi connectivity index (χ1) is 13.8. The molecule has 0 bridgehead atoms. The smallest absolute Gasteiger partial charge is 0.344 e. The third-order valence-electron chi connectivity index (χ3n) is 4.88. The van der Waals surface area contributed by atoms with Crippen LogP contribution in [0.4, 0.5) is 13.2 Å². The fourth-order valence-corrected chi connectivity index (χ4v) is 3.39. The highest BCUT2D eigenvalue weighted by Crippen LogP contribution is 2.54. The van der Waals surface area contributed by atoms with E-state index in [9.17, 15) is 22.8 Å². The molecule has 1 heterocycles. The maximum absolute atomic E-state index is 13.2. The van der Waals surface area contributed by atoms with E-state index in [-0.39, 0.29) is 16.7 Å². The van der Waals surface area contributed by atoms with Crippen LogP contribution >= 0.6 is 0 Å². The molecule has 0 saturated carbocycles. The van der Waals surface area contributed by atoms with Crippen molar-refractivity contribution in [3.63, 3.8) is 0 Å². The van der Waals surface area contributed by atoms with Crippen LogP contribution in [0.2, 0.25) is 0 Å². The molecule has 6 heteroatoms. The van der Waals surface area contributed by atoms with Gasteiger partial charge >= 0.3 is 6.18 Å². The molecular formula is C23H15F3O3. The second-order valence-electron chi connectivity index (χ2n) is 6.75. The molecule has 146 valence electrons. The molecular weight excluding hydrogens is 381 g/mol. The van der Waals surface area contributed by atoms with Crippen LogP contribution in [0.3, 0.4) is 0 Å². The number of ether oxygens (including phenoxy) is 1. The van der Waals surface area contributed by atoms with Gasteiger partial charge in [-0.05, 0) is 17.7 Å². The minimum Gasteiger partial charge on any atom is -0.344 e. The van der Waals surface area contributed by atoms with Crippen molar-refractivity contribution in [1.29, 1.82) is 0 Å². The van der Waals surface area contributed by atoms with Crippen LogP contribution in [-0.2, 0) is 10.9 Å². The number of epoxide rings is 1. The molecule has 3 nitrogen and oxygen atoms in total. The molecule has 1 aliphatic rings. The van der Waals surface area contributed by atoms with E-state index in [0.29, 0.717) is 0 Å². The van der Waals surface area contributed by atoms with E-state index in [1.165, 1.54) is 12.1 Å². The van der Waals surface area contributed by atoms with Crippen LogP contribution in [0.1, 0.15) is 37.9 Å². The van der Waals surface area contributed by atoms with Crippen molar-refractivity contribution in [3.05, 3.63) is 107 Å². The van der Waals surface area contributed by atoms with Crippen LogP contribution < -0.4 is 0 Å². The quantitative estimate of drug-likeness (QED) is 0.335. The number of hydrogen-bond acceptors (Lipinski definition) is 3. The molecule has 0 radical (unpaired) electrons. The summed E-state index contributed by atoms with van der Waals surface area (Å²) in [6, 6.07) is 20.8. The van der Waals surface area contributed by atoms with E-state index < -0.39 is 35.0 Å². The molecule has 0 unspecified atom stereocenters. The third kappa shape index (κ3) is 3.36. The summed E-state index contributed by atoms with van der Waals surface area (Å²) in [6.45, 7) is 0. The maximum atomic E-state index is 13.2. The van der Waals surface area contributed by atoms with E-state index in [1.54, 1.807) is 60.7 Å². The first-order valence-corrected chi connectivity index (χ1v) is 8.89. The van der Waals surface area contributed by atoms with Gasteiger partial charge in [0.1, 0.15) is 6.10 Å². The van der Waals surface area contributed by atoms with Gasteiger partial charge < -0.3 is 4.74 Å². The monoisotopic (exact) mass is 396 g/mol. The Balaban J connectivity index is 1.78. The van der Waals surface area contributed by atoms with Crippen LogP contribution in [0.25, 0.3) is 0 Å². The first-order valence-electron chi connectivity index (χ1n) is 8.89. The third-order valence-corrected chi connectivity index (χ3v) is 4.88. The number of rotatable bonds is 5. The van der Waals surface area contributed by atoms with E-state index in [2.05, 4.69) is 0 Å². The van der Waals surface area contributed by atoms with Crippen molar-refractivity contribution < 1.29 is 27.5 Å². The maximum Gasteiger partial charge on any atom is 0.416 e. The molecule has 1 saturated heterocycles. The Morgan fingerprint density at radius 3 is 1.76 bits per heavy atom. The summed E-state index contributed by atoms with van der Waals surface area (Å²) in [5.74, 6) is -1.15. The zero-order chi connectivity index (χ0) is 20.6. The Labute approximate surface area is 164 Å². The topological polar surface area (TPSA) is 46.7 Å². The second-order valence-corrected chi connectivity index (χ2v) is 6.75. The van der Waals surface area contributed by atoms with Crippen molar-refractivity contribution in [2.75, 3.05) is 0 Å². The number of carbonyl (C=O) groups is 2. The Morgan fingerprint density at radius 2 is 1.28 bits per heavy atom. The summed E-state index contributed by atoms with van der Waals surface area (Å²) in [7, 11) is 0. The van der Waals surface area contributed by atoms with Crippen molar-refractivity contribution in [2.24, 2.45) is 0 Å². The number of alkyl halides is 3. The van der Waals surface area contributed by atoms with E-state index in [1.807, 2.05) is 0 Å².